The number of aliphatic hydroxyl groups is 1. The van der Waals surface area contributed by atoms with Gasteiger partial charge in [0.15, 0.2) is 0 Å². The number of rotatable bonds is 8. The maximum atomic E-state index is 10.4. The molecule has 0 spiro atoms. The first kappa shape index (κ1) is 14.7. The molecule has 0 aromatic heterocycles. The number of unbranched alkanes of at least 4 members (excludes halogenated alkanes) is 1. The summed E-state index contributed by atoms with van der Waals surface area (Å²) < 4.78 is 0. The van der Waals surface area contributed by atoms with Gasteiger partial charge in [-0.05, 0) is 18.8 Å². The van der Waals surface area contributed by atoms with Crippen molar-refractivity contribution in [2.24, 2.45) is 11.3 Å². The van der Waals surface area contributed by atoms with Crippen molar-refractivity contribution >= 4 is 0 Å². The quantitative estimate of drug-likeness (QED) is 0.599. The zero-order valence-corrected chi connectivity index (χ0v) is 10.9. The molecule has 15 heavy (non-hydrogen) atoms. The second-order valence-electron chi connectivity index (χ2n) is 4.82. The Hall–Kier alpha value is -0.300. The molecule has 0 saturated carbocycles. The van der Waals surface area contributed by atoms with Gasteiger partial charge in [0.1, 0.15) is 0 Å². The topological polar surface area (TPSA) is 20.2 Å². The lowest BCUT2D eigenvalue weighted by Crippen LogP contribution is -2.36. The summed E-state index contributed by atoms with van der Waals surface area (Å²) in [6.07, 6.45) is 7.26. The van der Waals surface area contributed by atoms with Gasteiger partial charge in [0.25, 0.3) is 0 Å². The molecule has 0 aliphatic rings. The summed E-state index contributed by atoms with van der Waals surface area (Å²) in [5.74, 6) is 0.424. The monoisotopic (exact) mass is 212 g/mol. The zero-order valence-electron chi connectivity index (χ0n) is 10.9. The minimum atomic E-state index is -0.239. The molecule has 0 saturated heterocycles. The molecular weight excluding hydrogens is 184 g/mol. The van der Waals surface area contributed by atoms with Crippen LogP contribution in [-0.2, 0) is 0 Å². The van der Waals surface area contributed by atoms with Crippen LogP contribution in [0.25, 0.3) is 0 Å². The lowest BCUT2D eigenvalue weighted by molar-refractivity contribution is 0.0104. The number of aliphatic hydroxyl groups excluding tert-OH is 1. The first-order valence-electron chi connectivity index (χ1n) is 6.37. The van der Waals surface area contributed by atoms with Gasteiger partial charge in [0, 0.05) is 5.41 Å². The van der Waals surface area contributed by atoms with E-state index in [0.717, 1.165) is 19.3 Å². The number of hydrogen-bond donors (Lipinski definition) is 1. The fourth-order valence-electron chi connectivity index (χ4n) is 2.06. The molecule has 0 fully saturated rings. The van der Waals surface area contributed by atoms with Crippen LogP contribution in [0.2, 0.25) is 0 Å². The lowest BCUT2D eigenvalue weighted by atomic mass is 9.74. The van der Waals surface area contributed by atoms with E-state index in [1.54, 1.807) is 0 Å². The van der Waals surface area contributed by atoms with E-state index in [9.17, 15) is 5.11 Å². The molecule has 0 aliphatic heterocycles. The smallest absolute Gasteiger partial charge is 0.0655 e. The van der Waals surface area contributed by atoms with E-state index in [-0.39, 0.29) is 11.5 Å². The van der Waals surface area contributed by atoms with E-state index in [0.29, 0.717) is 5.92 Å². The first-order chi connectivity index (χ1) is 7.05. The molecule has 0 rings (SSSR count). The van der Waals surface area contributed by atoms with Crippen LogP contribution >= 0.6 is 0 Å². The lowest BCUT2D eigenvalue weighted by Gasteiger charge is -2.35. The van der Waals surface area contributed by atoms with Gasteiger partial charge in [-0.3, -0.25) is 0 Å². The van der Waals surface area contributed by atoms with E-state index in [1.807, 2.05) is 6.08 Å². The normalized spacial score (nSPS) is 19.3. The van der Waals surface area contributed by atoms with Crippen molar-refractivity contribution in [2.75, 3.05) is 0 Å². The van der Waals surface area contributed by atoms with Crippen molar-refractivity contribution in [1.82, 2.24) is 0 Å². The third-order valence-corrected chi connectivity index (χ3v) is 3.80. The van der Waals surface area contributed by atoms with Crippen molar-refractivity contribution < 1.29 is 5.11 Å². The molecule has 0 aromatic rings. The molecule has 1 heteroatoms. The highest BCUT2D eigenvalue weighted by Crippen LogP contribution is 2.34. The van der Waals surface area contributed by atoms with Gasteiger partial charge in [-0.15, -0.1) is 6.58 Å². The number of hydrogen-bond acceptors (Lipinski definition) is 1. The van der Waals surface area contributed by atoms with Crippen LogP contribution in [0.1, 0.15) is 59.8 Å². The fourth-order valence-corrected chi connectivity index (χ4v) is 2.06. The Morgan fingerprint density at radius 1 is 1.33 bits per heavy atom. The Morgan fingerprint density at radius 3 is 2.27 bits per heavy atom. The van der Waals surface area contributed by atoms with E-state index >= 15 is 0 Å². The third-order valence-electron chi connectivity index (χ3n) is 3.80. The summed E-state index contributed by atoms with van der Waals surface area (Å²) in [4.78, 5) is 0. The fraction of sp³-hybridized carbons (Fsp3) is 0.857. The van der Waals surface area contributed by atoms with Gasteiger partial charge >= 0.3 is 0 Å². The van der Waals surface area contributed by atoms with Crippen LogP contribution in [0.15, 0.2) is 12.7 Å². The van der Waals surface area contributed by atoms with Crippen LogP contribution < -0.4 is 0 Å². The molecular formula is C14H28O. The van der Waals surface area contributed by atoms with Gasteiger partial charge in [-0.25, -0.2) is 0 Å². The Bertz CT molecular complexity index is 176. The van der Waals surface area contributed by atoms with Crippen LogP contribution in [-0.4, -0.2) is 11.2 Å². The van der Waals surface area contributed by atoms with Gasteiger partial charge in [-0.2, -0.15) is 0 Å². The van der Waals surface area contributed by atoms with Crippen molar-refractivity contribution in [1.29, 1.82) is 0 Å². The van der Waals surface area contributed by atoms with Crippen molar-refractivity contribution in [2.45, 2.75) is 65.9 Å². The van der Waals surface area contributed by atoms with E-state index in [1.165, 1.54) is 12.8 Å². The Balaban J connectivity index is 4.46. The second-order valence-corrected chi connectivity index (χ2v) is 4.82. The van der Waals surface area contributed by atoms with Crippen molar-refractivity contribution in [3.05, 3.63) is 12.7 Å². The van der Waals surface area contributed by atoms with E-state index in [2.05, 4.69) is 34.3 Å². The highest BCUT2D eigenvalue weighted by Gasteiger charge is 2.32. The molecule has 0 amide bonds. The summed E-state index contributed by atoms with van der Waals surface area (Å²) in [5.41, 5.74) is -0.117. The van der Waals surface area contributed by atoms with Crippen molar-refractivity contribution in [3.63, 3.8) is 0 Å². The second kappa shape index (κ2) is 7.05. The summed E-state index contributed by atoms with van der Waals surface area (Å²) in [6.45, 7) is 12.5. The minimum absolute atomic E-state index is 0.117. The van der Waals surface area contributed by atoms with Crippen LogP contribution in [0.4, 0.5) is 0 Å². The molecule has 0 bridgehead atoms. The van der Waals surface area contributed by atoms with E-state index < -0.39 is 0 Å². The Morgan fingerprint density at radius 2 is 1.93 bits per heavy atom. The minimum Gasteiger partial charge on any atom is -0.392 e. The van der Waals surface area contributed by atoms with Gasteiger partial charge in [-0.1, -0.05) is 53.0 Å². The zero-order chi connectivity index (χ0) is 11.9. The predicted molar refractivity (Wildman–Crippen MR) is 67.9 cm³/mol. The average molecular weight is 212 g/mol. The van der Waals surface area contributed by atoms with Crippen LogP contribution in [0.5, 0.6) is 0 Å². The first-order valence-corrected chi connectivity index (χ1v) is 6.37. The molecule has 3 atom stereocenters. The SMILES string of the molecule is C=CC(C)(CC)C(O)C(CC)CCCC. The highest BCUT2D eigenvalue weighted by atomic mass is 16.3. The largest absolute Gasteiger partial charge is 0.392 e. The van der Waals surface area contributed by atoms with Crippen molar-refractivity contribution in [3.8, 4) is 0 Å². The predicted octanol–water partition coefficient (Wildman–Crippen LogP) is 4.17. The summed E-state index contributed by atoms with van der Waals surface area (Å²) >= 11 is 0. The molecule has 3 unspecified atom stereocenters. The summed E-state index contributed by atoms with van der Waals surface area (Å²) in [6, 6.07) is 0. The standard InChI is InChI=1S/C14H28O/c1-6-10-11-12(7-2)13(15)14(5,8-3)9-4/h8,12-13,15H,3,6-7,9-11H2,1-2,4-5H3. The van der Waals surface area contributed by atoms with Crippen LogP contribution in [0.3, 0.4) is 0 Å². The third kappa shape index (κ3) is 3.98. The van der Waals surface area contributed by atoms with Crippen LogP contribution in [0, 0.1) is 11.3 Å². The maximum Gasteiger partial charge on any atom is 0.0655 e. The molecule has 0 aliphatic carbocycles. The van der Waals surface area contributed by atoms with E-state index in [4.69, 9.17) is 0 Å². The maximum absolute atomic E-state index is 10.4. The molecule has 90 valence electrons. The van der Waals surface area contributed by atoms with Gasteiger partial charge in [0.2, 0.25) is 0 Å². The molecule has 1 nitrogen and oxygen atoms in total. The highest BCUT2D eigenvalue weighted by molar-refractivity contribution is 4.97. The Kier molecular flexibility index (Phi) is 6.91. The summed E-state index contributed by atoms with van der Waals surface area (Å²) in [5, 5.41) is 10.4. The molecule has 0 heterocycles. The van der Waals surface area contributed by atoms with Gasteiger partial charge < -0.3 is 5.11 Å². The average Bonchev–Trinajstić information content (AvgIpc) is 2.28. The van der Waals surface area contributed by atoms with Gasteiger partial charge in [0.05, 0.1) is 6.10 Å². The molecule has 0 aromatic carbocycles. The molecule has 1 N–H and O–H groups in total. The summed E-state index contributed by atoms with van der Waals surface area (Å²) in [7, 11) is 0. The Labute approximate surface area is 95.6 Å². The molecule has 0 radical (unpaired) electrons.